The molecule has 0 spiro atoms. The normalized spacial score (nSPS) is 13.9. The van der Waals surface area contributed by atoms with Crippen LogP contribution in [0.15, 0.2) is 47.4 Å². The monoisotopic (exact) mass is 493 g/mol. The molecule has 2 aromatic rings. The summed E-state index contributed by atoms with van der Waals surface area (Å²) in [7, 11) is -7.85. The summed E-state index contributed by atoms with van der Waals surface area (Å²) in [4.78, 5) is 12.3. The van der Waals surface area contributed by atoms with Crippen molar-refractivity contribution in [1.82, 2.24) is 4.72 Å². The zero-order valence-electron chi connectivity index (χ0n) is 16.1. The lowest BCUT2D eigenvalue weighted by Crippen LogP contribution is -2.56. The molecule has 0 aromatic heterocycles. The highest BCUT2D eigenvalue weighted by Gasteiger charge is 2.40. The first-order chi connectivity index (χ1) is 14.7. The van der Waals surface area contributed by atoms with Gasteiger partial charge in [0, 0.05) is 5.69 Å². The van der Waals surface area contributed by atoms with Crippen LogP contribution in [0.3, 0.4) is 0 Å². The molecular formula is C18H15F4N3O5S2. The molecule has 8 nitrogen and oxygen atoms in total. The number of nitriles is 1. The van der Waals surface area contributed by atoms with Gasteiger partial charge in [-0.25, -0.2) is 25.9 Å². The molecule has 1 atom stereocenters. The lowest BCUT2D eigenvalue weighted by Gasteiger charge is -2.27. The minimum Gasteiger partial charge on any atom is -0.324 e. The third-order valence-corrected chi connectivity index (χ3v) is 6.82. The maximum Gasteiger partial charge on any atom is 0.417 e. The minimum absolute atomic E-state index is 0.404. The van der Waals surface area contributed by atoms with Crippen molar-refractivity contribution in [3.05, 3.63) is 59.4 Å². The van der Waals surface area contributed by atoms with Gasteiger partial charge in [-0.3, -0.25) is 4.79 Å². The quantitative estimate of drug-likeness (QED) is 0.307. The number of thiol groups is 1. The zero-order valence-corrected chi connectivity index (χ0v) is 17.8. The topological polar surface area (TPSA) is 133 Å². The Morgan fingerprint density at radius 3 is 2.22 bits per heavy atom. The standard InChI is InChI=1S/C18H15F4N3O5S2/c1-17(25-31(27)28,10-32(29,30)14-6-3-12(19)4-7-14)16(26)24-13-5-2-11(9-23)15(8-13)18(20,21)22/h2-8,31H,10H2,1H3,(H,24,26)(H,25,27,28). The molecule has 2 N–H and O–H groups in total. The van der Waals surface area contributed by atoms with Crippen LogP contribution >= 0.6 is 0 Å². The van der Waals surface area contributed by atoms with Gasteiger partial charge in [0.25, 0.3) is 0 Å². The predicted molar refractivity (Wildman–Crippen MR) is 105 cm³/mol. The Labute approximate surface area is 181 Å². The van der Waals surface area contributed by atoms with Crippen molar-refractivity contribution < 1.29 is 39.2 Å². The molecule has 1 unspecified atom stereocenters. The number of amides is 1. The number of sulfone groups is 1. The van der Waals surface area contributed by atoms with E-state index in [0.29, 0.717) is 6.07 Å². The fourth-order valence-corrected chi connectivity index (χ4v) is 5.05. The molecule has 0 aliphatic carbocycles. The van der Waals surface area contributed by atoms with E-state index in [1.165, 1.54) is 6.07 Å². The Hall–Kier alpha value is -3.02. The largest absolute Gasteiger partial charge is 0.417 e. The molecule has 2 aromatic carbocycles. The van der Waals surface area contributed by atoms with Gasteiger partial charge >= 0.3 is 6.18 Å². The second kappa shape index (κ2) is 9.23. The number of hydrogen-bond acceptors (Lipinski definition) is 6. The number of nitrogens with zero attached hydrogens (tertiary/aromatic N) is 1. The van der Waals surface area contributed by atoms with E-state index in [2.05, 4.69) is 0 Å². The average molecular weight is 493 g/mol. The predicted octanol–water partition coefficient (Wildman–Crippen LogP) is 2.00. The third kappa shape index (κ3) is 6.02. The first-order valence-electron chi connectivity index (χ1n) is 8.51. The Balaban J connectivity index is 2.42. The zero-order chi connectivity index (χ0) is 24.3. The van der Waals surface area contributed by atoms with Gasteiger partial charge in [0.2, 0.25) is 16.8 Å². The first kappa shape index (κ1) is 25.2. The molecule has 0 saturated heterocycles. The van der Waals surface area contributed by atoms with Gasteiger partial charge in [0.15, 0.2) is 9.84 Å². The van der Waals surface area contributed by atoms with E-state index >= 15 is 0 Å². The number of rotatable bonds is 7. The van der Waals surface area contributed by atoms with Crippen molar-refractivity contribution >= 4 is 32.3 Å². The van der Waals surface area contributed by atoms with Gasteiger partial charge in [0.05, 0.1) is 27.8 Å². The Morgan fingerprint density at radius 1 is 1.12 bits per heavy atom. The van der Waals surface area contributed by atoms with Gasteiger partial charge in [-0.15, -0.1) is 0 Å². The maximum absolute atomic E-state index is 13.1. The van der Waals surface area contributed by atoms with Crippen molar-refractivity contribution in [1.29, 1.82) is 5.26 Å². The summed E-state index contributed by atoms with van der Waals surface area (Å²) in [5, 5.41) is 10.9. The van der Waals surface area contributed by atoms with Crippen molar-refractivity contribution in [3.63, 3.8) is 0 Å². The van der Waals surface area contributed by atoms with Crippen molar-refractivity contribution in [3.8, 4) is 6.07 Å². The SMILES string of the molecule is CC(CS(=O)(=O)c1ccc(F)cc1)(N[SH](=O)=O)C(=O)Nc1ccc(C#N)c(C(F)(F)F)c1. The van der Waals surface area contributed by atoms with E-state index in [4.69, 9.17) is 5.26 Å². The summed E-state index contributed by atoms with van der Waals surface area (Å²) < 4.78 is 102. The number of halogens is 4. The van der Waals surface area contributed by atoms with Crippen LogP contribution in [-0.2, 0) is 31.7 Å². The first-order valence-corrected chi connectivity index (χ1v) is 11.3. The van der Waals surface area contributed by atoms with Gasteiger partial charge in [-0.1, -0.05) is 0 Å². The van der Waals surface area contributed by atoms with Crippen LogP contribution in [0, 0.1) is 17.1 Å². The van der Waals surface area contributed by atoms with Gasteiger partial charge < -0.3 is 5.32 Å². The van der Waals surface area contributed by atoms with Gasteiger partial charge in [-0.2, -0.15) is 18.4 Å². The molecule has 0 bridgehead atoms. The molecule has 0 saturated carbocycles. The van der Waals surface area contributed by atoms with Crippen molar-refractivity contribution in [2.75, 3.05) is 11.1 Å². The number of alkyl halides is 3. The number of benzene rings is 2. The molecule has 0 fully saturated rings. The van der Waals surface area contributed by atoms with E-state index in [-0.39, 0.29) is 0 Å². The van der Waals surface area contributed by atoms with E-state index in [1.807, 2.05) is 5.32 Å². The van der Waals surface area contributed by atoms with Crippen molar-refractivity contribution in [2.24, 2.45) is 0 Å². The second-order valence-corrected chi connectivity index (χ2v) is 9.47. The van der Waals surface area contributed by atoms with E-state index in [0.717, 1.165) is 43.3 Å². The fraction of sp³-hybridized carbons (Fsp3) is 0.222. The molecule has 0 heterocycles. The third-order valence-electron chi connectivity index (χ3n) is 4.19. The van der Waals surface area contributed by atoms with Gasteiger partial charge in [0.1, 0.15) is 11.4 Å². The molecular weight excluding hydrogens is 478 g/mol. The minimum atomic E-state index is -4.92. The van der Waals surface area contributed by atoms with E-state index < -0.39 is 71.6 Å². The second-order valence-electron chi connectivity index (χ2n) is 6.74. The summed E-state index contributed by atoms with van der Waals surface area (Å²) in [6.45, 7) is 0.920. The average Bonchev–Trinajstić information content (AvgIpc) is 2.66. The molecule has 0 aliphatic rings. The molecule has 2 rings (SSSR count). The number of anilines is 1. The molecule has 0 radical (unpaired) electrons. The Kier molecular flexibility index (Phi) is 7.28. The highest BCUT2D eigenvalue weighted by Crippen LogP contribution is 2.33. The van der Waals surface area contributed by atoms with Gasteiger partial charge in [-0.05, 0) is 49.4 Å². The van der Waals surface area contributed by atoms with Crippen LogP contribution in [0.5, 0.6) is 0 Å². The van der Waals surface area contributed by atoms with Crippen LogP contribution in [-0.4, -0.2) is 34.0 Å². The smallest absolute Gasteiger partial charge is 0.324 e. The highest BCUT2D eigenvalue weighted by molar-refractivity contribution is 7.91. The number of carbonyl (C=O) groups excluding carboxylic acids is 1. The number of carbonyl (C=O) groups is 1. The summed E-state index contributed by atoms with van der Waals surface area (Å²) in [6, 6.07) is 7.11. The highest BCUT2D eigenvalue weighted by atomic mass is 32.2. The maximum atomic E-state index is 13.1. The van der Waals surface area contributed by atoms with Crippen LogP contribution in [0.2, 0.25) is 0 Å². The lowest BCUT2D eigenvalue weighted by atomic mass is 10.0. The molecule has 14 heteroatoms. The van der Waals surface area contributed by atoms with Crippen LogP contribution in [0.1, 0.15) is 18.1 Å². The summed E-state index contributed by atoms with van der Waals surface area (Å²) >= 11 is 0. The van der Waals surface area contributed by atoms with Crippen LogP contribution in [0.4, 0.5) is 23.2 Å². The van der Waals surface area contributed by atoms with Crippen LogP contribution in [0.25, 0.3) is 0 Å². The number of nitrogens with one attached hydrogen (secondary N) is 2. The van der Waals surface area contributed by atoms with E-state index in [1.54, 1.807) is 4.72 Å². The Morgan fingerprint density at radius 2 is 1.72 bits per heavy atom. The molecule has 1 amide bonds. The van der Waals surface area contributed by atoms with Crippen LogP contribution < -0.4 is 10.0 Å². The molecule has 0 aliphatic heterocycles. The Bertz CT molecular complexity index is 1240. The molecule has 172 valence electrons. The van der Waals surface area contributed by atoms with E-state index in [9.17, 15) is 39.2 Å². The summed E-state index contributed by atoms with van der Waals surface area (Å²) in [5.41, 5.74) is -4.84. The summed E-state index contributed by atoms with van der Waals surface area (Å²) in [6.07, 6.45) is -4.92. The lowest BCUT2D eigenvalue weighted by molar-refractivity contribution is -0.137. The fourth-order valence-electron chi connectivity index (χ4n) is 2.68. The van der Waals surface area contributed by atoms with Crippen molar-refractivity contribution in [2.45, 2.75) is 23.5 Å². The summed E-state index contributed by atoms with van der Waals surface area (Å²) in [5.74, 6) is -3.13. The number of hydrogen-bond donors (Lipinski definition) is 3. The molecule has 32 heavy (non-hydrogen) atoms.